The number of para-hydroxylation sites is 1. The van der Waals surface area contributed by atoms with Crippen molar-refractivity contribution in [2.45, 2.75) is 13.8 Å². The van der Waals surface area contributed by atoms with Crippen LogP contribution in [0, 0.1) is 6.92 Å². The Morgan fingerprint density at radius 1 is 1.08 bits per heavy atom. The third kappa shape index (κ3) is 3.10. The van der Waals surface area contributed by atoms with Crippen LogP contribution in [0.2, 0.25) is 0 Å². The molecular formula is C19H25N7. The molecule has 1 aliphatic rings. The number of aromatic nitrogens is 4. The lowest BCUT2D eigenvalue weighted by Crippen LogP contribution is -2.46. The molecule has 2 aromatic heterocycles. The summed E-state index contributed by atoms with van der Waals surface area (Å²) < 4.78 is 1.81. The summed E-state index contributed by atoms with van der Waals surface area (Å²) in [6.45, 7) is 9.37. The van der Waals surface area contributed by atoms with Gasteiger partial charge in [-0.05, 0) is 25.1 Å². The van der Waals surface area contributed by atoms with E-state index in [4.69, 9.17) is 9.97 Å². The van der Waals surface area contributed by atoms with Gasteiger partial charge in [0.05, 0.1) is 11.6 Å². The van der Waals surface area contributed by atoms with Gasteiger partial charge in [0.1, 0.15) is 5.82 Å². The monoisotopic (exact) mass is 351 g/mol. The number of aryl methyl sites for hydroxylation is 2. The summed E-state index contributed by atoms with van der Waals surface area (Å²) in [6.07, 6.45) is 1.83. The number of fused-ring (bicyclic) bond motifs is 1. The summed E-state index contributed by atoms with van der Waals surface area (Å²) >= 11 is 0. The predicted octanol–water partition coefficient (Wildman–Crippen LogP) is 2.56. The number of nitrogens with one attached hydrogen (secondary N) is 1. The van der Waals surface area contributed by atoms with E-state index in [1.165, 1.54) is 5.56 Å². The topological polar surface area (TPSA) is 62.1 Å². The van der Waals surface area contributed by atoms with E-state index in [1.807, 2.05) is 30.1 Å². The lowest BCUT2D eigenvalue weighted by atomic mass is 10.2. The number of hydrogen-bond donors (Lipinski definition) is 1. The van der Waals surface area contributed by atoms with Gasteiger partial charge in [-0.1, -0.05) is 25.1 Å². The Labute approximate surface area is 153 Å². The molecule has 4 rings (SSSR count). The van der Waals surface area contributed by atoms with E-state index in [0.29, 0.717) is 0 Å². The lowest BCUT2D eigenvalue weighted by Gasteiger charge is -2.34. The van der Waals surface area contributed by atoms with Gasteiger partial charge in [-0.15, -0.1) is 0 Å². The van der Waals surface area contributed by atoms with Crippen molar-refractivity contribution >= 4 is 28.5 Å². The van der Waals surface area contributed by atoms with Crippen LogP contribution >= 0.6 is 0 Å². The summed E-state index contributed by atoms with van der Waals surface area (Å²) in [5.74, 6) is 1.58. The Morgan fingerprint density at radius 3 is 2.58 bits per heavy atom. The minimum Gasteiger partial charge on any atom is -0.339 e. The highest BCUT2D eigenvalue weighted by atomic mass is 15.4. The number of piperazine rings is 1. The van der Waals surface area contributed by atoms with Crippen LogP contribution in [0.25, 0.3) is 11.0 Å². The van der Waals surface area contributed by atoms with Gasteiger partial charge in [-0.25, -0.2) is 0 Å². The molecule has 26 heavy (non-hydrogen) atoms. The van der Waals surface area contributed by atoms with Gasteiger partial charge < -0.3 is 15.1 Å². The smallest absolute Gasteiger partial charge is 0.229 e. The van der Waals surface area contributed by atoms with Crippen LogP contribution in [0.4, 0.5) is 17.5 Å². The van der Waals surface area contributed by atoms with E-state index < -0.39 is 0 Å². The molecule has 0 amide bonds. The van der Waals surface area contributed by atoms with Crippen LogP contribution < -0.4 is 10.2 Å². The molecule has 0 unspecified atom stereocenters. The quantitative estimate of drug-likeness (QED) is 0.779. The lowest BCUT2D eigenvalue weighted by molar-refractivity contribution is 0.270. The first-order valence-electron chi connectivity index (χ1n) is 9.15. The Bertz CT molecular complexity index is 909. The first kappa shape index (κ1) is 16.8. The van der Waals surface area contributed by atoms with Crippen molar-refractivity contribution in [1.82, 2.24) is 24.6 Å². The number of benzene rings is 1. The number of hydrogen-bond acceptors (Lipinski definition) is 6. The minimum absolute atomic E-state index is 0.771. The van der Waals surface area contributed by atoms with Crippen molar-refractivity contribution < 1.29 is 0 Å². The maximum atomic E-state index is 4.86. The van der Waals surface area contributed by atoms with E-state index in [-0.39, 0.29) is 0 Å². The molecule has 1 N–H and O–H groups in total. The van der Waals surface area contributed by atoms with Gasteiger partial charge in [-0.3, -0.25) is 4.68 Å². The molecule has 1 saturated heterocycles. The average molecular weight is 351 g/mol. The fourth-order valence-electron chi connectivity index (χ4n) is 3.35. The number of anilines is 3. The largest absolute Gasteiger partial charge is 0.339 e. The highest BCUT2D eigenvalue weighted by Crippen LogP contribution is 2.27. The molecule has 7 heteroatoms. The summed E-state index contributed by atoms with van der Waals surface area (Å²) in [4.78, 5) is 14.4. The summed E-state index contributed by atoms with van der Waals surface area (Å²) in [5, 5.41) is 8.80. The van der Waals surface area contributed by atoms with E-state index in [0.717, 1.165) is 61.2 Å². The summed E-state index contributed by atoms with van der Waals surface area (Å²) in [6, 6.07) is 8.23. The number of nitrogens with zero attached hydrogens (tertiary/aromatic N) is 6. The highest BCUT2D eigenvalue weighted by Gasteiger charge is 2.21. The van der Waals surface area contributed by atoms with Crippen molar-refractivity contribution in [2.75, 3.05) is 42.9 Å². The first-order valence-corrected chi connectivity index (χ1v) is 9.15. The van der Waals surface area contributed by atoms with Crippen molar-refractivity contribution in [3.8, 4) is 0 Å². The first-order chi connectivity index (χ1) is 12.7. The van der Waals surface area contributed by atoms with Crippen LogP contribution in [-0.2, 0) is 7.05 Å². The van der Waals surface area contributed by atoms with Crippen molar-refractivity contribution in [3.05, 3.63) is 36.0 Å². The highest BCUT2D eigenvalue weighted by molar-refractivity contribution is 5.89. The predicted molar refractivity (Wildman–Crippen MR) is 105 cm³/mol. The maximum Gasteiger partial charge on any atom is 0.229 e. The van der Waals surface area contributed by atoms with Crippen molar-refractivity contribution in [1.29, 1.82) is 0 Å². The second-order valence-electron chi connectivity index (χ2n) is 6.74. The molecule has 0 saturated carbocycles. The Hall–Kier alpha value is -2.67. The number of rotatable bonds is 4. The van der Waals surface area contributed by atoms with Crippen LogP contribution in [0.15, 0.2) is 30.5 Å². The van der Waals surface area contributed by atoms with E-state index in [2.05, 4.69) is 46.2 Å². The van der Waals surface area contributed by atoms with Crippen LogP contribution in [-0.4, -0.2) is 57.4 Å². The molecule has 1 aliphatic heterocycles. The molecule has 0 spiro atoms. The van der Waals surface area contributed by atoms with Gasteiger partial charge >= 0.3 is 0 Å². The zero-order valence-corrected chi connectivity index (χ0v) is 15.6. The van der Waals surface area contributed by atoms with Gasteiger partial charge in [0.25, 0.3) is 0 Å². The zero-order valence-electron chi connectivity index (χ0n) is 15.6. The molecule has 0 aliphatic carbocycles. The Kier molecular flexibility index (Phi) is 4.46. The van der Waals surface area contributed by atoms with Crippen LogP contribution in [0.5, 0.6) is 0 Å². The Morgan fingerprint density at radius 2 is 1.85 bits per heavy atom. The fraction of sp³-hybridized carbons (Fsp3) is 0.421. The molecule has 1 fully saturated rings. The third-order valence-electron chi connectivity index (χ3n) is 5.08. The molecule has 0 atom stereocenters. The van der Waals surface area contributed by atoms with Crippen LogP contribution in [0.1, 0.15) is 12.5 Å². The standard InChI is InChI=1S/C19H25N7/c1-4-25-9-11-26(12-10-25)19-22-17(15-13-20-24(3)18(15)23-19)21-16-8-6-5-7-14(16)2/h5-8,13H,4,9-12H2,1-3H3,(H,21,22,23). The minimum atomic E-state index is 0.771. The molecular weight excluding hydrogens is 326 g/mol. The van der Waals surface area contributed by atoms with E-state index in [1.54, 1.807) is 0 Å². The van der Waals surface area contributed by atoms with Gasteiger partial charge in [0.2, 0.25) is 5.95 Å². The molecule has 136 valence electrons. The molecule has 7 nitrogen and oxygen atoms in total. The van der Waals surface area contributed by atoms with Crippen LogP contribution in [0.3, 0.4) is 0 Å². The molecule has 0 radical (unpaired) electrons. The van der Waals surface area contributed by atoms with E-state index >= 15 is 0 Å². The molecule has 3 heterocycles. The second kappa shape index (κ2) is 6.92. The van der Waals surface area contributed by atoms with Gasteiger partial charge in [-0.2, -0.15) is 15.1 Å². The molecule has 3 aromatic rings. The van der Waals surface area contributed by atoms with Crippen molar-refractivity contribution in [2.24, 2.45) is 7.05 Å². The summed E-state index contributed by atoms with van der Waals surface area (Å²) in [5.41, 5.74) is 3.09. The normalized spacial score (nSPS) is 15.6. The SMILES string of the molecule is CCN1CCN(c2nc(Nc3ccccc3C)c3cnn(C)c3n2)CC1. The maximum absolute atomic E-state index is 4.86. The van der Waals surface area contributed by atoms with E-state index in [9.17, 15) is 0 Å². The fourth-order valence-corrected chi connectivity index (χ4v) is 3.35. The van der Waals surface area contributed by atoms with Crippen molar-refractivity contribution in [3.63, 3.8) is 0 Å². The second-order valence-corrected chi connectivity index (χ2v) is 6.74. The van der Waals surface area contributed by atoms with Gasteiger partial charge in [0, 0.05) is 38.9 Å². The third-order valence-corrected chi connectivity index (χ3v) is 5.08. The average Bonchev–Trinajstić information content (AvgIpc) is 3.05. The molecule has 1 aromatic carbocycles. The molecule has 0 bridgehead atoms. The van der Waals surface area contributed by atoms with Gasteiger partial charge in [0.15, 0.2) is 5.65 Å². The zero-order chi connectivity index (χ0) is 18.1. The summed E-state index contributed by atoms with van der Waals surface area (Å²) in [7, 11) is 1.92. The number of likely N-dealkylation sites (N-methyl/N-ethyl adjacent to an activating group) is 1. The Balaban J connectivity index is 1.71.